The first-order valence-electron chi connectivity index (χ1n) is 28.3. The van der Waals surface area contributed by atoms with Gasteiger partial charge < -0.3 is 59.2 Å². The average Bonchev–Trinajstić information content (AvgIpc) is 4.06. The quantitative estimate of drug-likeness (QED) is 0.0448. The van der Waals surface area contributed by atoms with E-state index in [1.54, 1.807) is 55.4 Å². The first kappa shape index (κ1) is 61.9. The molecule has 0 aromatic heterocycles. The molecule has 0 amide bonds. The van der Waals surface area contributed by atoms with Gasteiger partial charge in [-0.05, 0) is 142 Å². The predicted molar refractivity (Wildman–Crippen MR) is 278 cm³/mol. The van der Waals surface area contributed by atoms with Gasteiger partial charge in [-0.15, -0.1) is 0 Å². The van der Waals surface area contributed by atoms with Crippen molar-refractivity contribution in [3.05, 3.63) is 22.3 Å². The SMILES string of the molecule is CCOC(=O)CCC1=C(CC(=O)OCC)C2CC3NC(CC4NC(CC5NC(CC1N2)C(CC(=O)OCC)C5CCC(=O)OCC)C(CC(=O)OCC)=C4CCC(=O)OCC)C(CC(=O)OCC)C3CCC(=O)OCC. The van der Waals surface area contributed by atoms with Gasteiger partial charge in [-0.2, -0.15) is 0 Å². The molecule has 0 aliphatic carbocycles. The smallest absolute Gasteiger partial charge is 0.309 e. The van der Waals surface area contributed by atoms with Crippen LogP contribution in [0.15, 0.2) is 22.3 Å². The molecule has 5 rings (SSSR count). The normalized spacial score (nSPS) is 27.9. The Labute approximate surface area is 449 Å². The molecule has 5 heterocycles. The van der Waals surface area contributed by atoms with Crippen LogP contribution in [0.1, 0.15) is 158 Å². The van der Waals surface area contributed by atoms with Gasteiger partial charge in [0.05, 0.1) is 78.5 Å². The highest BCUT2D eigenvalue weighted by molar-refractivity contribution is 5.76. The standard InChI is InChI=1S/C56H88N4O16/c1-9-69-49(61)21-17-33-37(25-53(65)73-13-5)45-30-42-35(19-23-51(63)71-11-3)39(27-55(67)75-15-7)47(59-42)32-44-36(20-24-52(64)72-12-4)40(28-56(68)76-16-8)48(60-44)31-43-34(18-22-50(62)70-10-2)38(26-54(66)74-14-6)46(58-43)29-41(33)57-45/h33,36-37,40-48,57-60H,9-32H2,1-8H3. The van der Waals surface area contributed by atoms with E-state index in [0.717, 1.165) is 22.3 Å². The number of ether oxygens (including phenoxy) is 8. The van der Waals surface area contributed by atoms with E-state index in [1.807, 2.05) is 0 Å². The third-order valence-corrected chi connectivity index (χ3v) is 15.8. The molecule has 4 N–H and O–H groups in total. The monoisotopic (exact) mass is 1070 g/mol. The van der Waals surface area contributed by atoms with Crippen LogP contribution in [0.3, 0.4) is 0 Å². The van der Waals surface area contributed by atoms with E-state index in [4.69, 9.17) is 37.9 Å². The fourth-order valence-electron chi connectivity index (χ4n) is 12.9. The number of carbonyl (C=O) groups is 8. The first-order chi connectivity index (χ1) is 36.6. The van der Waals surface area contributed by atoms with Gasteiger partial charge >= 0.3 is 47.8 Å². The Morgan fingerprint density at radius 2 is 0.592 bits per heavy atom. The first-order valence-corrected chi connectivity index (χ1v) is 28.3. The molecule has 5 aliphatic heterocycles. The molecule has 20 heteroatoms. The minimum atomic E-state index is -0.449. The lowest BCUT2D eigenvalue weighted by Gasteiger charge is -2.29. The summed E-state index contributed by atoms with van der Waals surface area (Å²) >= 11 is 0. The van der Waals surface area contributed by atoms with Crippen molar-refractivity contribution in [2.24, 2.45) is 23.7 Å². The van der Waals surface area contributed by atoms with Crippen LogP contribution in [0, 0.1) is 23.7 Å². The van der Waals surface area contributed by atoms with E-state index < -0.39 is 36.1 Å². The molecule has 0 radical (unpaired) electrons. The molecule has 0 aromatic rings. The highest BCUT2D eigenvalue weighted by Crippen LogP contribution is 2.46. The van der Waals surface area contributed by atoms with E-state index in [0.29, 0.717) is 38.5 Å². The molecule has 20 nitrogen and oxygen atoms in total. The average molecular weight is 1070 g/mol. The summed E-state index contributed by atoms with van der Waals surface area (Å²) in [4.78, 5) is 108. The highest BCUT2D eigenvalue weighted by Gasteiger charge is 2.51. The maximum Gasteiger partial charge on any atom is 0.309 e. The number of hydrogen-bond acceptors (Lipinski definition) is 20. The minimum Gasteiger partial charge on any atom is -0.466 e. The maximum absolute atomic E-state index is 13.8. The summed E-state index contributed by atoms with van der Waals surface area (Å²) in [5.41, 5.74) is 3.31. The van der Waals surface area contributed by atoms with Crippen molar-refractivity contribution >= 4 is 47.8 Å². The minimum absolute atomic E-state index is 0.0396. The van der Waals surface area contributed by atoms with Crippen LogP contribution < -0.4 is 21.3 Å². The maximum atomic E-state index is 13.8. The summed E-state index contributed by atoms with van der Waals surface area (Å²) in [6.45, 7) is 15.5. The van der Waals surface area contributed by atoms with Gasteiger partial charge in [0.1, 0.15) is 0 Å². The number of carbonyl (C=O) groups excluding carboxylic acids is 8. The van der Waals surface area contributed by atoms with Gasteiger partial charge in [0, 0.05) is 74.0 Å². The number of nitrogens with one attached hydrogen (secondary N) is 4. The lowest BCUT2D eigenvalue weighted by atomic mass is 9.77. The molecule has 3 saturated heterocycles. The summed E-state index contributed by atoms with van der Waals surface area (Å²) in [5.74, 6) is -4.42. The molecule has 8 bridgehead atoms. The van der Waals surface area contributed by atoms with Gasteiger partial charge in [0.25, 0.3) is 0 Å². The van der Waals surface area contributed by atoms with Crippen LogP contribution in [0.5, 0.6) is 0 Å². The number of esters is 8. The molecule has 0 saturated carbocycles. The molecule has 0 aromatic carbocycles. The topological polar surface area (TPSA) is 259 Å². The Hall–Kier alpha value is -4.92. The fraction of sp³-hybridized carbons (Fsp3) is 0.786. The molecular formula is C56H88N4O16. The molecule has 12 atom stereocenters. The zero-order valence-corrected chi connectivity index (χ0v) is 46.4. The van der Waals surface area contributed by atoms with Gasteiger partial charge in [0.2, 0.25) is 0 Å². The number of rotatable bonds is 28. The van der Waals surface area contributed by atoms with Crippen molar-refractivity contribution in [2.75, 3.05) is 52.9 Å². The third-order valence-electron chi connectivity index (χ3n) is 15.8. The Morgan fingerprint density at radius 3 is 0.908 bits per heavy atom. The van der Waals surface area contributed by atoms with Crippen molar-refractivity contribution in [3.63, 3.8) is 0 Å². The van der Waals surface area contributed by atoms with Gasteiger partial charge in [0.15, 0.2) is 0 Å². The molecule has 428 valence electrons. The van der Waals surface area contributed by atoms with Crippen LogP contribution in [0.25, 0.3) is 0 Å². The molecular weight excluding hydrogens is 985 g/mol. The fourth-order valence-corrected chi connectivity index (χ4v) is 12.9. The van der Waals surface area contributed by atoms with Crippen molar-refractivity contribution in [1.82, 2.24) is 21.3 Å². The second kappa shape index (κ2) is 31.5. The number of fused-ring (bicyclic) bond motifs is 8. The predicted octanol–water partition coefficient (Wildman–Crippen LogP) is 5.17. The Kier molecular flexibility index (Phi) is 25.6. The van der Waals surface area contributed by atoms with E-state index >= 15 is 0 Å². The number of hydrogen-bond donors (Lipinski definition) is 4. The van der Waals surface area contributed by atoms with Crippen molar-refractivity contribution in [2.45, 2.75) is 206 Å². The zero-order chi connectivity index (χ0) is 55.3. The largest absolute Gasteiger partial charge is 0.466 e. The van der Waals surface area contributed by atoms with Crippen LogP contribution in [-0.4, -0.2) is 149 Å². The molecule has 0 spiro atoms. The van der Waals surface area contributed by atoms with E-state index in [9.17, 15) is 38.4 Å². The van der Waals surface area contributed by atoms with Crippen LogP contribution in [-0.2, 0) is 76.3 Å². The second-order valence-electron chi connectivity index (χ2n) is 20.3. The van der Waals surface area contributed by atoms with Crippen LogP contribution >= 0.6 is 0 Å². The van der Waals surface area contributed by atoms with E-state index in [1.165, 1.54) is 0 Å². The Morgan fingerprint density at radius 1 is 0.329 bits per heavy atom. The van der Waals surface area contributed by atoms with Gasteiger partial charge in [-0.25, -0.2) is 0 Å². The van der Waals surface area contributed by atoms with E-state index in [-0.39, 0.29) is 201 Å². The second-order valence-corrected chi connectivity index (χ2v) is 20.3. The highest BCUT2D eigenvalue weighted by atomic mass is 16.6. The molecule has 12 unspecified atom stereocenters. The van der Waals surface area contributed by atoms with Crippen LogP contribution in [0.4, 0.5) is 0 Å². The zero-order valence-electron chi connectivity index (χ0n) is 46.4. The van der Waals surface area contributed by atoms with Crippen molar-refractivity contribution in [1.29, 1.82) is 0 Å². The van der Waals surface area contributed by atoms with Gasteiger partial charge in [-0.1, -0.05) is 11.1 Å². The summed E-state index contributed by atoms with van der Waals surface area (Å²) in [7, 11) is 0. The molecule has 3 fully saturated rings. The summed E-state index contributed by atoms with van der Waals surface area (Å²) in [6, 6.07) is -3.16. The summed E-state index contributed by atoms with van der Waals surface area (Å²) in [6.07, 6.45) is 3.16. The summed E-state index contributed by atoms with van der Waals surface area (Å²) < 4.78 is 44.1. The van der Waals surface area contributed by atoms with Crippen molar-refractivity contribution in [3.8, 4) is 0 Å². The lowest BCUT2D eigenvalue weighted by molar-refractivity contribution is -0.146. The Bertz CT molecular complexity index is 1920. The van der Waals surface area contributed by atoms with Crippen molar-refractivity contribution < 1.29 is 76.3 Å². The van der Waals surface area contributed by atoms with E-state index in [2.05, 4.69) is 21.3 Å². The lowest BCUT2D eigenvalue weighted by Crippen LogP contribution is -2.46. The van der Waals surface area contributed by atoms with Gasteiger partial charge in [-0.3, -0.25) is 38.4 Å². The molecule has 5 aliphatic rings. The Balaban J connectivity index is 1.76. The molecule has 76 heavy (non-hydrogen) atoms. The third kappa shape index (κ3) is 17.5. The summed E-state index contributed by atoms with van der Waals surface area (Å²) in [5, 5.41) is 15.7. The van der Waals surface area contributed by atoms with Crippen LogP contribution in [0.2, 0.25) is 0 Å².